The molecule has 0 aliphatic carbocycles. The summed E-state index contributed by atoms with van der Waals surface area (Å²) in [6, 6.07) is 4.34. The smallest absolute Gasteiger partial charge is 0.255 e. The molecule has 0 unspecified atom stereocenters. The zero-order chi connectivity index (χ0) is 12.3. The summed E-state index contributed by atoms with van der Waals surface area (Å²) in [7, 11) is 0. The van der Waals surface area contributed by atoms with Gasteiger partial charge < -0.3 is 10.6 Å². The molecule has 1 aromatic carbocycles. The Morgan fingerprint density at radius 1 is 1.41 bits per heavy atom. The average molecular weight is 257 g/mol. The second-order valence-electron chi connectivity index (χ2n) is 4.09. The van der Waals surface area contributed by atoms with E-state index in [1.807, 2.05) is 0 Å². The van der Waals surface area contributed by atoms with Crippen molar-refractivity contribution < 1.29 is 9.18 Å². The zero-order valence-corrected chi connectivity index (χ0v) is 10.1. The maximum atomic E-state index is 13.5. The van der Waals surface area contributed by atoms with Crippen LogP contribution in [0.3, 0.4) is 0 Å². The number of nitrogens with one attached hydrogen (secondary N) is 2. The lowest BCUT2D eigenvalue weighted by molar-refractivity contribution is 0.0925. The van der Waals surface area contributed by atoms with Crippen molar-refractivity contribution in [2.45, 2.75) is 18.9 Å². The number of rotatable bonds is 2. The molecule has 5 heteroatoms. The Labute approximate surface area is 104 Å². The maximum Gasteiger partial charge on any atom is 0.255 e. The van der Waals surface area contributed by atoms with E-state index >= 15 is 0 Å². The second kappa shape index (κ2) is 5.47. The van der Waals surface area contributed by atoms with Crippen molar-refractivity contribution >= 4 is 17.5 Å². The first-order valence-electron chi connectivity index (χ1n) is 5.64. The number of carbonyl (C=O) groups is 1. The minimum atomic E-state index is -0.580. The van der Waals surface area contributed by atoms with Gasteiger partial charge in [0.05, 0.1) is 10.6 Å². The molecular formula is C12H14ClFN2O. The normalized spacial score (nSPS) is 16.8. The number of hydrogen-bond donors (Lipinski definition) is 2. The van der Waals surface area contributed by atoms with Crippen LogP contribution in [0.4, 0.5) is 4.39 Å². The van der Waals surface area contributed by atoms with Gasteiger partial charge in [0, 0.05) is 6.04 Å². The lowest BCUT2D eigenvalue weighted by Crippen LogP contribution is -2.43. The van der Waals surface area contributed by atoms with Gasteiger partial charge in [0.1, 0.15) is 5.82 Å². The van der Waals surface area contributed by atoms with Crippen molar-refractivity contribution in [1.82, 2.24) is 10.6 Å². The van der Waals surface area contributed by atoms with Gasteiger partial charge in [-0.05, 0) is 38.1 Å². The summed E-state index contributed by atoms with van der Waals surface area (Å²) >= 11 is 5.83. The summed E-state index contributed by atoms with van der Waals surface area (Å²) in [5, 5.41) is 6.16. The summed E-state index contributed by atoms with van der Waals surface area (Å²) < 4.78 is 13.5. The van der Waals surface area contributed by atoms with Gasteiger partial charge in [-0.1, -0.05) is 17.7 Å². The Bertz CT molecular complexity index is 399. The quantitative estimate of drug-likeness (QED) is 0.849. The lowest BCUT2D eigenvalue weighted by Gasteiger charge is -2.23. The van der Waals surface area contributed by atoms with Gasteiger partial charge in [0.15, 0.2) is 0 Å². The van der Waals surface area contributed by atoms with Gasteiger partial charge in [-0.15, -0.1) is 0 Å². The van der Waals surface area contributed by atoms with Crippen molar-refractivity contribution in [3.63, 3.8) is 0 Å². The largest absolute Gasteiger partial charge is 0.349 e. The summed E-state index contributed by atoms with van der Waals surface area (Å²) in [5.74, 6) is -1.01. The summed E-state index contributed by atoms with van der Waals surface area (Å²) in [5.41, 5.74) is -0.0623. The molecule has 1 fully saturated rings. The molecule has 0 atom stereocenters. The number of carbonyl (C=O) groups excluding carboxylic acids is 1. The van der Waals surface area contributed by atoms with E-state index in [1.165, 1.54) is 18.2 Å². The van der Waals surface area contributed by atoms with Crippen LogP contribution in [0.15, 0.2) is 18.2 Å². The maximum absolute atomic E-state index is 13.5. The summed E-state index contributed by atoms with van der Waals surface area (Å²) in [6.45, 7) is 1.74. The van der Waals surface area contributed by atoms with Gasteiger partial charge in [0.2, 0.25) is 0 Å². The molecule has 17 heavy (non-hydrogen) atoms. The van der Waals surface area contributed by atoms with Crippen LogP contribution in [-0.2, 0) is 0 Å². The molecule has 0 saturated carbocycles. The molecule has 0 spiro atoms. The number of amides is 1. The zero-order valence-electron chi connectivity index (χ0n) is 9.30. The van der Waals surface area contributed by atoms with E-state index in [1.54, 1.807) is 0 Å². The van der Waals surface area contributed by atoms with Gasteiger partial charge >= 0.3 is 0 Å². The molecule has 0 radical (unpaired) electrons. The van der Waals surface area contributed by atoms with Crippen molar-refractivity contribution in [2.75, 3.05) is 13.1 Å². The number of hydrogen-bond acceptors (Lipinski definition) is 2. The Hall–Kier alpha value is -1.13. The molecule has 2 N–H and O–H groups in total. The first kappa shape index (κ1) is 12.3. The molecule has 3 nitrogen and oxygen atoms in total. The summed E-state index contributed by atoms with van der Waals surface area (Å²) in [4.78, 5) is 11.9. The topological polar surface area (TPSA) is 41.1 Å². The van der Waals surface area contributed by atoms with Gasteiger partial charge in [-0.25, -0.2) is 4.39 Å². The van der Waals surface area contributed by atoms with E-state index in [0.29, 0.717) is 0 Å². The number of benzene rings is 1. The fraction of sp³-hybridized carbons (Fsp3) is 0.417. The third kappa shape index (κ3) is 2.96. The van der Waals surface area contributed by atoms with Crippen LogP contribution in [0.1, 0.15) is 23.2 Å². The highest BCUT2D eigenvalue weighted by Gasteiger charge is 2.20. The molecule has 0 aromatic heterocycles. The highest BCUT2D eigenvalue weighted by atomic mass is 35.5. The predicted molar refractivity (Wildman–Crippen MR) is 64.8 cm³/mol. The predicted octanol–water partition coefficient (Wildman–Crippen LogP) is 1.96. The van der Waals surface area contributed by atoms with Crippen LogP contribution in [0.2, 0.25) is 5.02 Å². The Balaban J connectivity index is 2.08. The van der Waals surface area contributed by atoms with E-state index in [4.69, 9.17) is 11.6 Å². The van der Waals surface area contributed by atoms with E-state index in [2.05, 4.69) is 10.6 Å². The molecule has 0 bridgehead atoms. The molecule has 1 aliphatic heterocycles. The van der Waals surface area contributed by atoms with Crippen molar-refractivity contribution in [3.05, 3.63) is 34.6 Å². The van der Waals surface area contributed by atoms with Crippen LogP contribution in [0.5, 0.6) is 0 Å². The van der Waals surface area contributed by atoms with E-state index in [-0.39, 0.29) is 16.6 Å². The van der Waals surface area contributed by atoms with Crippen molar-refractivity contribution in [3.8, 4) is 0 Å². The van der Waals surface area contributed by atoms with E-state index in [0.717, 1.165) is 25.9 Å². The molecule has 2 rings (SSSR count). The van der Waals surface area contributed by atoms with Gasteiger partial charge in [0.25, 0.3) is 5.91 Å². The SMILES string of the molecule is O=C(NC1CCNCC1)c1c(F)cccc1Cl. The first-order valence-corrected chi connectivity index (χ1v) is 6.02. The third-order valence-corrected chi connectivity index (χ3v) is 3.18. The summed E-state index contributed by atoms with van der Waals surface area (Å²) in [6.07, 6.45) is 1.72. The molecule has 1 saturated heterocycles. The van der Waals surface area contributed by atoms with E-state index < -0.39 is 11.7 Å². The minimum Gasteiger partial charge on any atom is -0.349 e. The van der Waals surface area contributed by atoms with Crippen LogP contribution in [0, 0.1) is 5.82 Å². The van der Waals surface area contributed by atoms with Crippen molar-refractivity contribution in [1.29, 1.82) is 0 Å². The molecule has 1 aliphatic rings. The molecule has 1 amide bonds. The standard InChI is InChI=1S/C12H14ClFN2O/c13-9-2-1-3-10(14)11(9)12(17)16-8-4-6-15-7-5-8/h1-3,8,15H,4-7H2,(H,16,17). The van der Waals surface area contributed by atoms with Crippen LogP contribution < -0.4 is 10.6 Å². The Kier molecular flexibility index (Phi) is 3.97. The fourth-order valence-corrected chi connectivity index (χ4v) is 2.19. The molecule has 92 valence electrons. The van der Waals surface area contributed by atoms with Crippen LogP contribution in [0.25, 0.3) is 0 Å². The number of piperidine rings is 1. The van der Waals surface area contributed by atoms with E-state index in [9.17, 15) is 9.18 Å². The Morgan fingerprint density at radius 3 is 2.76 bits per heavy atom. The highest BCUT2D eigenvalue weighted by molar-refractivity contribution is 6.33. The molecule has 1 heterocycles. The monoisotopic (exact) mass is 256 g/mol. The first-order chi connectivity index (χ1) is 8.18. The van der Waals surface area contributed by atoms with Gasteiger partial charge in [-0.2, -0.15) is 0 Å². The second-order valence-corrected chi connectivity index (χ2v) is 4.50. The van der Waals surface area contributed by atoms with Gasteiger partial charge in [-0.3, -0.25) is 4.79 Å². The third-order valence-electron chi connectivity index (χ3n) is 2.86. The van der Waals surface area contributed by atoms with Crippen LogP contribution in [-0.4, -0.2) is 25.0 Å². The van der Waals surface area contributed by atoms with Crippen molar-refractivity contribution in [2.24, 2.45) is 0 Å². The van der Waals surface area contributed by atoms with Crippen LogP contribution >= 0.6 is 11.6 Å². The number of halogens is 2. The minimum absolute atomic E-state index is 0.0623. The molecule has 1 aromatic rings. The fourth-order valence-electron chi connectivity index (χ4n) is 1.94. The molecular weight excluding hydrogens is 243 g/mol. The average Bonchev–Trinajstić information content (AvgIpc) is 2.30. The lowest BCUT2D eigenvalue weighted by atomic mass is 10.1. The highest BCUT2D eigenvalue weighted by Crippen LogP contribution is 2.19. The Morgan fingerprint density at radius 2 is 2.12 bits per heavy atom.